The molecule has 0 saturated carbocycles. The first-order chi connectivity index (χ1) is 13.1. The van der Waals surface area contributed by atoms with Crippen molar-refractivity contribution in [2.45, 2.75) is 13.0 Å². The minimum Gasteiger partial charge on any atom is -0.489 e. The summed E-state index contributed by atoms with van der Waals surface area (Å²) in [4.78, 5) is 11.7. The van der Waals surface area contributed by atoms with Gasteiger partial charge in [-0.1, -0.05) is 23.5 Å². The Kier molecular flexibility index (Phi) is 6.06. The van der Waals surface area contributed by atoms with Gasteiger partial charge in [0.15, 0.2) is 0 Å². The maximum atomic E-state index is 12.9. The number of hydrogen-bond acceptors (Lipinski definition) is 7. The molecule has 0 aliphatic carbocycles. The maximum Gasteiger partial charge on any atom is 0.247 e. The fourth-order valence-electron chi connectivity index (χ4n) is 2.09. The molecule has 1 amide bonds. The molecule has 2 aromatic carbocycles. The van der Waals surface area contributed by atoms with Crippen LogP contribution in [0.2, 0.25) is 0 Å². The average molecular weight is 385 g/mol. The molecule has 0 unspecified atom stereocenters. The quantitative estimate of drug-likeness (QED) is 0.481. The van der Waals surface area contributed by atoms with Gasteiger partial charge in [-0.15, -0.1) is 10.2 Å². The fraction of sp³-hybridized carbons (Fsp3) is 0.111. The largest absolute Gasteiger partial charge is 0.489 e. The van der Waals surface area contributed by atoms with Gasteiger partial charge in [0.1, 0.15) is 23.2 Å². The normalized spacial score (nSPS) is 10.9. The summed E-state index contributed by atoms with van der Waals surface area (Å²) in [7, 11) is 0. The van der Waals surface area contributed by atoms with Crippen molar-refractivity contribution >= 4 is 28.6 Å². The van der Waals surface area contributed by atoms with Gasteiger partial charge in [0.05, 0.1) is 12.6 Å². The molecule has 138 valence electrons. The minimum atomic E-state index is -0.304. The van der Waals surface area contributed by atoms with Crippen molar-refractivity contribution in [1.82, 2.24) is 15.6 Å². The highest BCUT2D eigenvalue weighted by Crippen LogP contribution is 2.14. The Balaban J connectivity index is 1.46. The van der Waals surface area contributed by atoms with Gasteiger partial charge in [0.2, 0.25) is 11.0 Å². The van der Waals surface area contributed by atoms with E-state index in [1.807, 2.05) is 0 Å². The third kappa shape index (κ3) is 5.86. The van der Waals surface area contributed by atoms with Gasteiger partial charge in [-0.25, -0.2) is 9.82 Å². The van der Waals surface area contributed by atoms with Crippen LogP contribution in [0.15, 0.2) is 53.6 Å². The van der Waals surface area contributed by atoms with E-state index in [2.05, 4.69) is 20.7 Å². The number of rotatable bonds is 7. The Morgan fingerprint density at radius 3 is 2.59 bits per heavy atom. The molecule has 0 saturated heterocycles. The highest BCUT2D eigenvalue weighted by atomic mass is 32.1. The zero-order chi connectivity index (χ0) is 19.1. The van der Waals surface area contributed by atoms with E-state index in [0.29, 0.717) is 22.5 Å². The predicted octanol–water partition coefficient (Wildman–Crippen LogP) is 2.53. The molecule has 0 bridgehead atoms. The second kappa shape index (κ2) is 8.86. The molecule has 0 fully saturated rings. The van der Waals surface area contributed by atoms with E-state index in [0.717, 1.165) is 22.5 Å². The Morgan fingerprint density at radius 2 is 1.93 bits per heavy atom. The van der Waals surface area contributed by atoms with Crippen LogP contribution in [-0.2, 0) is 17.8 Å². The number of nitrogens with two attached hydrogens (primary N) is 1. The number of ether oxygens (including phenoxy) is 1. The monoisotopic (exact) mass is 385 g/mol. The number of nitrogens with zero attached hydrogens (tertiary/aromatic N) is 3. The highest BCUT2D eigenvalue weighted by Gasteiger charge is 2.07. The number of amides is 1. The van der Waals surface area contributed by atoms with Crippen LogP contribution in [0.3, 0.4) is 0 Å². The molecule has 3 N–H and O–H groups in total. The second-order valence-electron chi connectivity index (χ2n) is 5.49. The summed E-state index contributed by atoms with van der Waals surface area (Å²) in [5, 5.41) is 12.2. The lowest BCUT2D eigenvalue weighted by Gasteiger charge is -2.06. The summed E-state index contributed by atoms with van der Waals surface area (Å²) in [5.74, 6) is 0.0953. The van der Waals surface area contributed by atoms with Crippen LogP contribution in [0.4, 0.5) is 9.52 Å². The third-order valence-electron chi connectivity index (χ3n) is 3.40. The summed E-state index contributed by atoms with van der Waals surface area (Å²) < 4.78 is 18.5. The first-order valence-corrected chi connectivity index (χ1v) is 8.77. The fourth-order valence-corrected chi connectivity index (χ4v) is 2.70. The summed E-state index contributed by atoms with van der Waals surface area (Å²) >= 11 is 1.16. The number of carbonyl (C=O) groups is 1. The molecule has 7 nitrogen and oxygen atoms in total. The van der Waals surface area contributed by atoms with E-state index in [-0.39, 0.29) is 18.1 Å². The first-order valence-electron chi connectivity index (χ1n) is 7.95. The Bertz CT molecular complexity index is 926. The number of carbonyl (C=O) groups excluding carboxylic acids is 1. The summed E-state index contributed by atoms with van der Waals surface area (Å²) in [5.41, 5.74) is 9.56. The Labute approximate surface area is 158 Å². The van der Waals surface area contributed by atoms with Crippen LogP contribution in [0, 0.1) is 5.82 Å². The molecule has 0 spiro atoms. The van der Waals surface area contributed by atoms with Crippen LogP contribution in [0.5, 0.6) is 5.75 Å². The van der Waals surface area contributed by atoms with Gasteiger partial charge in [-0.3, -0.25) is 4.79 Å². The van der Waals surface area contributed by atoms with E-state index in [9.17, 15) is 9.18 Å². The van der Waals surface area contributed by atoms with Crippen molar-refractivity contribution in [1.29, 1.82) is 0 Å². The van der Waals surface area contributed by atoms with E-state index in [4.69, 9.17) is 10.5 Å². The lowest BCUT2D eigenvalue weighted by atomic mass is 10.2. The molecule has 0 aliphatic heterocycles. The molecule has 27 heavy (non-hydrogen) atoms. The van der Waals surface area contributed by atoms with Gasteiger partial charge < -0.3 is 10.5 Å². The Hall–Kier alpha value is -3.33. The van der Waals surface area contributed by atoms with Crippen molar-refractivity contribution in [2.75, 3.05) is 5.73 Å². The molecule has 9 heteroatoms. The third-order valence-corrected chi connectivity index (χ3v) is 4.15. The van der Waals surface area contributed by atoms with Crippen LogP contribution in [0.1, 0.15) is 16.1 Å². The average Bonchev–Trinajstić information content (AvgIpc) is 3.07. The lowest BCUT2D eigenvalue weighted by Crippen LogP contribution is -2.19. The standard InChI is InChI=1S/C18H16FN5O2S/c19-14-5-1-13(2-6-14)11-26-15-7-3-12(4-8-15)10-21-22-16(25)9-17-23-24-18(20)27-17/h1-8,10H,9,11H2,(H2,20,24)(H,22,25)/b21-10-. The van der Waals surface area contributed by atoms with E-state index < -0.39 is 0 Å². The first kappa shape index (κ1) is 18.5. The molecular formula is C18H16FN5O2S. The zero-order valence-corrected chi connectivity index (χ0v) is 14.9. The van der Waals surface area contributed by atoms with Crippen molar-refractivity contribution < 1.29 is 13.9 Å². The summed E-state index contributed by atoms with van der Waals surface area (Å²) in [6.45, 7) is 0.347. The van der Waals surface area contributed by atoms with Crippen LogP contribution in [0.25, 0.3) is 0 Å². The molecule has 1 aromatic heterocycles. The van der Waals surface area contributed by atoms with Crippen molar-refractivity contribution in [2.24, 2.45) is 5.10 Å². The van der Waals surface area contributed by atoms with Crippen molar-refractivity contribution in [3.05, 3.63) is 70.5 Å². The molecule has 1 heterocycles. The SMILES string of the molecule is Nc1nnc(CC(=O)N/N=C\c2ccc(OCc3ccc(F)cc3)cc2)s1. The molecule has 3 aromatic rings. The van der Waals surface area contributed by atoms with Gasteiger partial charge in [0, 0.05) is 0 Å². The Morgan fingerprint density at radius 1 is 1.19 bits per heavy atom. The number of hydrogen-bond donors (Lipinski definition) is 2. The minimum absolute atomic E-state index is 0.0718. The predicted molar refractivity (Wildman–Crippen MR) is 101 cm³/mol. The van der Waals surface area contributed by atoms with Gasteiger partial charge in [-0.05, 0) is 47.5 Å². The lowest BCUT2D eigenvalue weighted by molar-refractivity contribution is -0.120. The highest BCUT2D eigenvalue weighted by molar-refractivity contribution is 7.15. The van der Waals surface area contributed by atoms with Gasteiger partial charge in [0.25, 0.3) is 0 Å². The number of benzene rings is 2. The number of halogens is 1. The molecule has 0 aliphatic rings. The summed E-state index contributed by atoms with van der Waals surface area (Å²) in [6, 6.07) is 13.3. The van der Waals surface area contributed by atoms with E-state index in [1.165, 1.54) is 18.3 Å². The number of nitrogens with one attached hydrogen (secondary N) is 1. The number of nitrogen functional groups attached to an aromatic ring is 1. The van der Waals surface area contributed by atoms with Crippen molar-refractivity contribution in [3.63, 3.8) is 0 Å². The number of hydrazone groups is 1. The molecule has 0 radical (unpaired) electrons. The molecule has 3 rings (SSSR count). The zero-order valence-electron chi connectivity index (χ0n) is 14.1. The van der Waals surface area contributed by atoms with Crippen molar-refractivity contribution in [3.8, 4) is 5.75 Å². The van der Waals surface area contributed by atoms with Crippen LogP contribution < -0.4 is 15.9 Å². The van der Waals surface area contributed by atoms with E-state index in [1.54, 1.807) is 36.4 Å². The van der Waals surface area contributed by atoms with Gasteiger partial charge >= 0.3 is 0 Å². The van der Waals surface area contributed by atoms with Gasteiger partial charge in [-0.2, -0.15) is 5.10 Å². The van der Waals surface area contributed by atoms with Crippen LogP contribution in [-0.4, -0.2) is 22.3 Å². The number of aromatic nitrogens is 2. The second-order valence-corrected chi connectivity index (χ2v) is 6.58. The van der Waals surface area contributed by atoms with Crippen LogP contribution >= 0.6 is 11.3 Å². The number of anilines is 1. The topological polar surface area (TPSA) is 102 Å². The summed E-state index contributed by atoms with van der Waals surface area (Å²) in [6.07, 6.45) is 1.60. The maximum absolute atomic E-state index is 12.9. The smallest absolute Gasteiger partial charge is 0.247 e. The molecular weight excluding hydrogens is 369 g/mol. The van der Waals surface area contributed by atoms with E-state index >= 15 is 0 Å². The molecule has 0 atom stereocenters.